The minimum atomic E-state index is 0.777. The van der Waals surface area contributed by atoms with Gasteiger partial charge in [0.15, 0.2) is 0 Å². The maximum absolute atomic E-state index is 5.62. The fourth-order valence-corrected chi connectivity index (χ4v) is 2.14. The molecule has 1 rings (SSSR count). The van der Waals surface area contributed by atoms with Crippen LogP contribution in [-0.2, 0) is 4.74 Å². The molecule has 0 spiro atoms. The van der Waals surface area contributed by atoms with Crippen LogP contribution in [-0.4, -0.2) is 50.8 Å². The zero-order valence-corrected chi connectivity index (χ0v) is 10.3. The topological polar surface area (TPSA) is 24.5 Å². The minimum absolute atomic E-state index is 0.777. The first-order valence-electron chi connectivity index (χ1n) is 6.33. The van der Waals surface area contributed by atoms with Gasteiger partial charge in [-0.15, -0.1) is 0 Å². The molecule has 1 fully saturated rings. The first kappa shape index (κ1) is 12.9. The molecular weight excluding hydrogens is 188 g/mol. The average molecular weight is 214 g/mol. The lowest BCUT2D eigenvalue weighted by atomic mass is 10.1. The molecule has 0 saturated carbocycles. The predicted octanol–water partition coefficient (Wildman–Crippen LogP) is 1.49. The van der Waals surface area contributed by atoms with Crippen molar-refractivity contribution in [2.75, 3.05) is 39.9 Å². The van der Waals surface area contributed by atoms with Crippen molar-refractivity contribution >= 4 is 0 Å². The molecule has 1 saturated heterocycles. The molecule has 1 aliphatic rings. The van der Waals surface area contributed by atoms with E-state index < -0.39 is 0 Å². The summed E-state index contributed by atoms with van der Waals surface area (Å²) < 4.78 is 5.62. The molecule has 0 aromatic heterocycles. The Kier molecular flexibility index (Phi) is 6.98. The fraction of sp³-hybridized carbons (Fsp3) is 1.00. The van der Waals surface area contributed by atoms with Gasteiger partial charge in [0, 0.05) is 19.3 Å². The Hall–Kier alpha value is -0.120. The zero-order valence-electron chi connectivity index (χ0n) is 10.3. The van der Waals surface area contributed by atoms with Gasteiger partial charge in [-0.25, -0.2) is 0 Å². The average Bonchev–Trinajstić information content (AvgIpc) is 2.63. The summed E-state index contributed by atoms with van der Waals surface area (Å²) in [6, 6.07) is 0.777. The maximum atomic E-state index is 5.62. The van der Waals surface area contributed by atoms with E-state index in [0.29, 0.717) is 0 Å². The van der Waals surface area contributed by atoms with Crippen LogP contribution in [0.4, 0.5) is 0 Å². The summed E-state index contributed by atoms with van der Waals surface area (Å²) in [6.45, 7) is 7.39. The van der Waals surface area contributed by atoms with Gasteiger partial charge >= 0.3 is 0 Å². The Bertz CT molecular complexity index is 153. The molecule has 0 aromatic rings. The third-order valence-electron chi connectivity index (χ3n) is 3.16. The van der Waals surface area contributed by atoms with Crippen molar-refractivity contribution in [2.45, 2.75) is 38.6 Å². The van der Waals surface area contributed by atoms with E-state index in [2.05, 4.69) is 24.2 Å². The molecule has 1 atom stereocenters. The van der Waals surface area contributed by atoms with E-state index in [1.807, 2.05) is 0 Å². The summed E-state index contributed by atoms with van der Waals surface area (Å²) in [4.78, 5) is 2.46. The van der Waals surface area contributed by atoms with E-state index in [-0.39, 0.29) is 0 Å². The summed E-state index contributed by atoms with van der Waals surface area (Å²) in [5.74, 6) is 0. The van der Waals surface area contributed by atoms with E-state index in [1.165, 1.54) is 25.8 Å². The van der Waals surface area contributed by atoms with Crippen LogP contribution in [0.1, 0.15) is 32.6 Å². The van der Waals surface area contributed by atoms with Gasteiger partial charge in [0.1, 0.15) is 0 Å². The number of nitrogens with zero attached hydrogens (tertiary/aromatic N) is 1. The number of ether oxygens (including phenoxy) is 1. The van der Waals surface area contributed by atoms with Crippen LogP contribution in [0.15, 0.2) is 0 Å². The second kappa shape index (κ2) is 8.08. The first-order valence-corrected chi connectivity index (χ1v) is 6.33. The van der Waals surface area contributed by atoms with E-state index in [4.69, 9.17) is 4.74 Å². The normalized spacial score (nSPS) is 22.4. The second-order valence-electron chi connectivity index (χ2n) is 4.38. The van der Waals surface area contributed by atoms with Crippen LogP contribution >= 0.6 is 0 Å². The van der Waals surface area contributed by atoms with Gasteiger partial charge in [-0.1, -0.05) is 6.92 Å². The summed E-state index contributed by atoms with van der Waals surface area (Å²) in [5.41, 5.74) is 0. The molecule has 0 bridgehead atoms. The number of hydrogen-bond acceptors (Lipinski definition) is 3. The van der Waals surface area contributed by atoms with Crippen LogP contribution < -0.4 is 5.32 Å². The summed E-state index contributed by atoms with van der Waals surface area (Å²) >= 11 is 0. The minimum Gasteiger partial charge on any atom is -0.381 e. The summed E-state index contributed by atoms with van der Waals surface area (Å²) in [6.07, 6.45) is 5.06. The van der Waals surface area contributed by atoms with Gasteiger partial charge in [0.05, 0.1) is 0 Å². The molecule has 0 radical (unpaired) electrons. The summed E-state index contributed by atoms with van der Waals surface area (Å²) in [5, 5.41) is 3.30. The molecule has 3 nitrogen and oxygen atoms in total. The van der Waals surface area contributed by atoms with Crippen molar-refractivity contribution in [2.24, 2.45) is 0 Å². The Labute approximate surface area is 94.2 Å². The zero-order chi connectivity index (χ0) is 10.9. The van der Waals surface area contributed by atoms with Crippen LogP contribution in [0, 0.1) is 0 Å². The Morgan fingerprint density at radius 1 is 1.40 bits per heavy atom. The Morgan fingerprint density at radius 3 is 2.93 bits per heavy atom. The smallest absolute Gasteiger partial charge is 0.0480 e. The highest BCUT2D eigenvalue weighted by Crippen LogP contribution is 2.17. The molecule has 3 heteroatoms. The molecule has 1 unspecified atom stereocenters. The number of hydrogen-bond donors (Lipinski definition) is 1. The van der Waals surface area contributed by atoms with Gasteiger partial charge in [0.25, 0.3) is 0 Å². The highest BCUT2D eigenvalue weighted by Gasteiger charge is 2.19. The van der Waals surface area contributed by atoms with Gasteiger partial charge < -0.3 is 15.0 Å². The van der Waals surface area contributed by atoms with Gasteiger partial charge in [-0.05, 0) is 52.4 Å². The molecule has 90 valence electrons. The van der Waals surface area contributed by atoms with E-state index in [9.17, 15) is 0 Å². The lowest BCUT2D eigenvalue weighted by Crippen LogP contribution is -2.26. The monoisotopic (exact) mass is 214 g/mol. The number of likely N-dealkylation sites (tertiary alicyclic amines) is 1. The molecule has 1 heterocycles. The molecule has 1 N–H and O–H groups in total. The van der Waals surface area contributed by atoms with Crippen molar-refractivity contribution < 1.29 is 4.74 Å². The van der Waals surface area contributed by atoms with Crippen LogP contribution in [0.2, 0.25) is 0 Å². The van der Waals surface area contributed by atoms with E-state index in [1.54, 1.807) is 0 Å². The van der Waals surface area contributed by atoms with Crippen molar-refractivity contribution in [3.63, 3.8) is 0 Å². The quantitative estimate of drug-likeness (QED) is 0.620. The molecular formula is C12H26N2O. The Balaban J connectivity index is 1.84. The molecule has 0 aliphatic carbocycles. The van der Waals surface area contributed by atoms with Crippen LogP contribution in [0.3, 0.4) is 0 Å². The van der Waals surface area contributed by atoms with Crippen molar-refractivity contribution in [3.05, 3.63) is 0 Å². The van der Waals surface area contributed by atoms with Crippen LogP contribution in [0.25, 0.3) is 0 Å². The lowest BCUT2D eigenvalue weighted by molar-refractivity contribution is 0.111. The predicted molar refractivity (Wildman–Crippen MR) is 64.2 cm³/mol. The highest BCUT2D eigenvalue weighted by molar-refractivity contribution is 4.75. The van der Waals surface area contributed by atoms with Crippen molar-refractivity contribution in [1.82, 2.24) is 10.2 Å². The van der Waals surface area contributed by atoms with E-state index in [0.717, 1.165) is 38.8 Å². The van der Waals surface area contributed by atoms with Crippen molar-refractivity contribution in [3.8, 4) is 0 Å². The standard InChI is InChI=1S/C12H26N2O/c1-3-13-8-5-10-15-11-7-12-6-4-9-14(12)2/h12-13H,3-11H2,1-2H3. The Morgan fingerprint density at radius 2 is 2.27 bits per heavy atom. The summed E-state index contributed by atoms with van der Waals surface area (Å²) in [7, 11) is 2.23. The molecule has 0 amide bonds. The number of nitrogens with one attached hydrogen (secondary N) is 1. The van der Waals surface area contributed by atoms with Crippen molar-refractivity contribution in [1.29, 1.82) is 0 Å². The second-order valence-corrected chi connectivity index (χ2v) is 4.38. The van der Waals surface area contributed by atoms with Gasteiger partial charge in [0.2, 0.25) is 0 Å². The van der Waals surface area contributed by atoms with Gasteiger partial charge in [-0.2, -0.15) is 0 Å². The highest BCUT2D eigenvalue weighted by atomic mass is 16.5. The SMILES string of the molecule is CCNCCCOCCC1CCCN1C. The van der Waals surface area contributed by atoms with Crippen LogP contribution in [0.5, 0.6) is 0 Å². The maximum Gasteiger partial charge on any atom is 0.0480 e. The third-order valence-corrected chi connectivity index (χ3v) is 3.16. The molecule has 0 aromatic carbocycles. The van der Waals surface area contributed by atoms with Gasteiger partial charge in [-0.3, -0.25) is 0 Å². The first-order chi connectivity index (χ1) is 7.34. The molecule has 1 aliphatic heterocycles. The third kappa shape index (κ3) is 5.50. The molecule has 15 heavy (non-hydrogen) atoms. The lowest BCUT2D eigenvalue weighted by Gasteiger charge is -2.18. The fourth-order valence-electron chi connectivity index (χ4n) is 2.14. The number of rotatable bonds is 8. The van der Waals surface area contributed by atoms with E-state index >= 15 is 0 Å². The largest absolute Gasteiger partial charge is 0.381 e.